The molecule has 0 radical (unpaired) electrons. The molecule has 2 heterocycles. The Hall–Kier alpha value is -2.13. The number of nitrogens with one attached hydrogen (secondary N) is 1. The highest BCUT2D eigenvalue weighted by atomic mass is 16.3. The molecule has 3 aromatic rings. The van der Waals surface area contributed by atoms with E-state index in [-0.39, 0.29) is 6.04 Å². The minimum Gasteiger partial charge on any atom is -0.467 e. The van der Waals surface area contributed by atoms with Crippen molar-refractivity contribution >= 4 is 10.9 Å². The Labute approximate surface area is 112 Å². The lowest BCUT2D eigenvalue weighted by Crippen LogP contribution is -2.21. The van der Waals surface area contributed by atoms with Gasteiger partial charge in [0.1, 0.15) is 5.76 Å². The number of rotatable bonds is 4. The van der Waals surface area contributed by atoms with Gasteiger partial charge in [0, 0.05) is 11.6 Å². The quantitative estimate of drug-likeness (QED) is 0.772. The molecule has 1 atom stereocenters. The smallest absolute Gasteiger partial charge is 0.125 e. The molecule has 0 saturated carbocycles. The van der Waals surface area contributed by atoms with Crippen LogP contribution in [0.25, 0.3) is 10.9 Å². The van der Waals surface area contributed by atoms with Gasteiger partial charge in [0.15, 0.2) is 0 Å². The maximum absolute atomic E-state index is 5.57. The average Bonchev–Trinajstić information content (AvgIpc) is 2.98. The van der Waals surface area contributed by atoms with E-state index in [0.29, 0.717) is 0 Å². The largest absolute Gasteiger partial charge is 0.467 e. The Morgan fingerprint density at radius 1 is 1.16 bits per heavy atom. The summed E-state index contributed by atoms with van der Waals surface area (Å²) >= 11 is 0. The van der Waals surface area contributed by atoms with Gasteiger partial charge in [-0.25, -0.2) is 0 Å². The van der Waals surface area contributed by atoms with Crippen molar-refractivity contribution in [2.75, 3.05) is 6.54 Å². The predicted molar refractivity (Wildman–Crippen MR) is 76.0 cm³/mol. The van der Waals surface area contributed by atoms with E-state index in [1.807, 2.05) is 36.5 Å². The summed E-state index contributed by atoms with van der Waals surface area (Å²) in [4.78, 5) is 4.41. The molecular formula is C16H16N2O. The molecular weight excluding hydrogens is 236 g/mol. The van der Waals surface area contributed by atoms with Crippen LogP contribution in [0.2, 0.25) is 0 Å². The number of para-hydroxylation sites is 1. The van der Waals surface area contributed by atoms with Gasteiger partial charge < -0.3 is 9.73 Å². The highest BCUT2D eigenvalue weighted by molar-refractivity contribution is 5.82. The zero-order valence-electron chi connectivity index (χ0n) is 10.8. The summed E-state index contributed by atoms with van der Waals surface area (Å²) < 4.78 is 5.57. The average molecular weight is 252 g/mol. The van der Waals surface area contributed by atoms with Gasteiger partial charge in [0.05, 0.1) is 17.8 Å². The third-order valence-corrected chi connectivity index (χ3v) is 3.23. The van der Waals surface area contributed by atoms with Gasteiger partial charge in [0.2, 0.25) is 0 Å². The van der Waals surface area contributed by atoms with E-state index in [9.17, 15) is 0 Å². The molecule has 19 heavy (non-hydrogen) atoms. The first-order valence-electron chi connectivity index (χ1n) is 6.50. The fraction of sp³-hybridized carbons (Fsp3) is 0.188. The summed E-state index contributed by atoms with van der Waals surface area (Å²) in [5.74, 6) is 0.929. The highest BCUT2D eigenvalue weighted by Crippen LogP contribution is 2.28. The lowest BCUT2D eigenvalue weighted by molar-refractivity contribution is 0.453. The minimum absolute atomic E-state index is 0.0629. The van der Waals surface area contributed by atoms with Crippen LogP contribution in [0.3, 0.4) is 0 Å². The van der Waals surface area contributed by atoms with E-state index in [1.54, 1.807) is 6.26 Å². The number of pyridine rings is 1. The van der Waals surface area contributed by atoms with Crippen molar-refractivity contribution in [3.63, 3.8) is 0 Å². The molecule has 0 spiro atoms. The Balaban J connectivity index is 2.15. The first-order valence-corrected chi connectivity index (χ1v) is 6.50. The summed E-state index contributed by atoms with van der Waals surface area (Å²) in [6.07, 6.45) is 3.56. The van der Waals surface area contributed by atoms with Gasteiger partial charge >= 0.3 is 0 Å². The Bertz CT molecular complexity index is 656. The fourth-order valence-electron chi connectivity index (χ4n) is 2.39. The lowest BCUT2D eigenvalue weighted by Gasteiger charge is -2.17. The van der Waals surface area contributed by atoms with E-state index >= 15 is 0 Å². The topological polar surface area (TPSA) is 38.1 Å². The second-order valence-electron chi connectivity index (χ2n) is 4.42. The Morgan fingerprint density at radius 3 is 2.84 bits per heavy atom. The summed E-state index contributed by atoms with van der Waals surface area (Å²) in [5, 5.41) is 4.63. The van der Waals surface area contributed by atoms with Crippen LogP contribution >= 0.6 is 0 Å². The molecule has 0 amide bonds. The second kappa shape index (κ2) is 5.24. The van der Waals surface area contributed by atoms with E-state index < -0.39 is 0 Å². The van der Waals surface area contributed by atoms with Crippen molar-refractivity contribution in [3.8, 4) is 0 Å². The fourth-order valence-corrected chi connectivity index (χ4v) is 2.39. The number of nitrogens with zero attached hydrogens (tertiary/aromatic N) is 1. The van der Waals surface area contributed by atoms with Crippen LogP contribution in [0.15, 0.2) is 59.3 Å². The minimum atomic E-state index is 0.0629. The van der Waals surface area contributed by atoms with Crippen molar-refractivity contribution in [2.24, 2.45) is 0 Å². The van der Waals surface area contributed by atoms with Crippen molar-refractivity contribution < 1.29 is 4.42 Å². The van der Waals surface area contributed by atoms with E-state index in [1.165, 1.54) is 5.56 Å². The lowest BCUT2D eigenvalue weighted by atomic mass is 10.00. The van der Waals surface area contributed by atoms with Gasteiger partial charge in [-0.15, -0.1) is 0 Å². The Kier molecular flexibility index (Phi) is 3.29. The van der Waals surface area contributed by atoms with Gasteiger partial charge in [0.25, 0.3) is 0 Å². The van der Waals surface area contributed by atoms with Gasteiger partial charge in [-0.3, -0.25) is 4.98 Å². The zero-order chi connectivity index (χ0) is 13.1. The van der Waals surface area contributed by atoms with Crippen molar-refractivity contribution in [3.05, 3.63) is 66.2 Å². The molecule has 0 aliphatic carbocycles. The van der Waals surface area contributed by atoms with Crippen LogP contribution in [0.1, 0.15) is 24.3 Å². The summed E-state index contributed by atoms with van der Waals surface area (Å²) in [6.45, 7) is 2.97. The standard InChI is InChI=1S/C16H16N2O/c1-2-17-16(15-8-5-11-19-15)13-9-10-18-14-7-4-3-6-12(13)14/h3-11,16-17H,2H2,1H3. The van der Waals surface area contributed by atoms with Crippen LogP contribution in [0.4, 0.5) is 0 Å². The van der Waals surface area contributed by atoms with E-state index in [4.69, 9.17) is 4.42 Å². The van der Waals surface area contributed by atoms with Crippen LogP contribution in [0, 0.1) is 0 Å². The van der Waals surface area contributed by atoms with Gasteiger partial charge in [-0.05, 0) is 36.4 Å². The number of furan rings is 1. The molecule has 0 fully saturated rings. The van der Waals surface area contributed by atoms with Crippen LogP contribution < -0.4 is 5.32 Å². The monoisotopic (exact) mass is 252 g/mol. The van der Waals surface area contributed by atoms with Gasteiger partial charge in [-0.2, -0.15) is 0 Å². The molecule has 1 N–H and O–H groups in total. The first-order chi connectivity index (χ1) is 9.40. The molecule has 0 aliphatic rings. The molecule has 1 aromatic carbocycles. The molecule has 0 saturated heterocycles. The number of fused-ring (bicyclic) bond motifs is 1. The summed E-state index contributed by atoms with van der Waals surface area (Å²) in [7, 11) is 0. The maximum atomic E-state index is 5.57. The molecule has 3 heteroatoms. The zero-order valence-corrected chi connectivity index (χ0v) is 10.8. The third kappa shape index (κ3) is 2.25. The molecule has 3 nitrogen and oxygen atoms in total. The molecule has 3 rings (SSSR count). The summed E-state index contributed by atoms with van der Waals surface area (Å²) in [5.41, 5.74) is 2.21. The molecule has 96 valence electrons. The number of benzene rings is 1. The SMILES string of the molecule is CCNC(c1ccco1)c1ccnc2ccccc12. The van der Waals surface area contributed by atoms with Gasteiger partial charge in [-0.1, -0.05) is 25.1 Å². The predicted octanol–water partition coefficient (Wildman–Crippen LogP) is 3.53. The molecule has 0 bridgehead atoms. The number of hydrogen-bond donors (Lipinski definition) is 1. The van der Waals surface area contributed by atoms with E-state index in [2.05, 4.69) is 29.4 Å². The third-order valence-electron chi connectivity index (χ3n) is 3.23. The normalized spacial score (nSPS) is 12.7. The van der Waals surface area contributed by atoms with Crippen LogP contribution in [-0.4, -0.2) is 11.5 Å². The number of hydrogen-bond acceptors (Lipinski definition) is 3. The maximum Gasteiger partial charge on any atom is 0.125 e. The van der Waals surface area contributed by atoms with E-state index in [0.717, 1.165) is 23.2 Å². The highest BCUT2D eigenvalue weighted by Gasteiger charge is 2.18. The molecule has 2 aromatic heterocycles. The Morgan fingerprint density at radius 2 is 2.05 bits per heavy atom. The summed E-state index contributed by atoms with van der Waals surface area (Å²) in [6, 6.07) is 14.2. The first kappa shape index (κ1) is 11.9. The van der Waals surface area contributed by atoms with Crippen molar-refractivity contribution in [2.45, 2.75) is 13.0 Å². The van der Waals surface area contributed by atoms with Crippen molar-refractivity contribution in [1.82, 2.24) is 10.3 Å². The van der Waals surface area contributed by atoms with Crippen LogP contribution in [-0.2, 0) is 0 Å². The number of aromatic nitrogens is 1. The van der Waals surface area contributed by atoms with Crippen molar-refractivity contribution in [1.29, 1.82) is 0 Å². The van der Waals surface area contributed by atoms with Crippen LogP contribution in [0.5, 0.6) is 0 Å². The second-order valence-corrected chi connectivity index (χ2v) is 4.42. The molecule has 0 aliphatic heterocycles. The molecule has 1 unspecified atom stereocenters.